The molecule has 0 radical (unpaired) electrons. The molecule has 4 nitrogen and oxygen atoms in total. The highest BCUT2D eigenvalue weighted by Crippen LogP contribution is 2.30. The van der Waals surface area contributed by atoms with Crippen LogP contribution in [0.2, 0.25) is 0 Å². The summed E-state index contributed by atoms with van der Waals surface area (Å²) in [5, 5.41) is 9.84. The molecular weight excluding hydrogens is 236 g/mol. The van der Waals surface area contributed by atoms with Crippen LogP contribution < -0.4 is 0 Å². The summed E-state index contributed by atoms with van der Waals surface area (Å²) in [5.74, 6) is -0.715. The third-order valence-corrected chi connectivity index (χ3v) is 4.08. The zero-order chi connectivity index (χ0) is 12.4. The highest BCUT2D eigenvalue weighted by Gasteiger charge is 2.29. The predicted octanol–water partition coefficient (Wildman–Crippen LogP) is 2.20. The fourth-order valence-electron chi connectivity index (χ4n) is 1.97. The van der Waals surface area contributed by atoms with Crippen LogP contribution in [-0.2, 0) is 11.3 Å². The van der Waals surface area contributed by atoms with Crippen LogP contribution >= 0.6 is 11.3 Å². The summed E-state index contributed by atoms with van der Waals surface area (Å²) < 4.78 is 0. The topological polar surface area (TPSA) is 53.4 Å². The van der Waals surface area contributed by atoms with Crippen molar-refractivity contribution in [2.24, 2.45) is 0 Å². The number of rotatable bonds is 6. The molecule has 1 aromatic rings. The Morgan fingerprint density at radius 1 is 1.53 bits per heavy atom. The van der Waals surface area contributed by atoms with Gasteiger partial charge in [0, 0.05) is 24.0 Å². The van der Waals surface area contributed by atoms with Gasteiger partial charge < -0.3 is 5.11 Å². The Hall–Kier alpha value is -0.940. The first-order valence-electron chi connectivity index (χ1n) is 5.95. The van der Waals surface area contributed by atoms with Crippen LogP contribution in [0, 0.1) is 13.8 Å². The Kier molecular flexibility index (Phi) is 3.79. The lowest BCUT2D eigenvalue weighted by atomic mass is 10.3. The van der Waals surface area contributed by atoms with E-state index in [0.717, 1.165) is 17.2 Å². The van der Waals surface area contributed by atoms with Crippen LogP contribution in [0.5, 0.6) is 0 Å². The van der Waals surface area contributed by atoms with E-state index in [-0.39, 0.29) is 6.42 Å². The molecule has 1 aromatic heterocycles. The predicted molar refractivity (Wildman–Crippen MR) is 67.3 cm³/mol. The van der Waals surface area contributed by atoms with Gasteiger partial charge in [0.25, 0.3) is 0 Å². The number of carboxylic acids is 1. The Morgan fingerprint density at radius 3 is 2.71 bits per heavy atom. The summed E-state index contributed by atoms with van der Waals surface area (Å²) in [7, 11) is 0. The van der Waals surface area contributed by atoms with Gasteiger partial charge in [-0.1, -0.05) is 0 Å². The van der Waals surface area contributed by atoms with Crippen molar-refractivity contribution in [3.8, 4) is 0 Å². The smallest absolute Gasteiger partial charge is 0.304 e. The molecule has 0 atom stereocenters. The van der Waals surface area contributed by atoms with Gasteiger partial charge in [-0.05, 0) is 26.7 Å². The van der Waals surface area contributed by atoms with Gasteiger partial charge in [0.2, 0.25) is 0 Å². The first-order chi connectivity index (χ1) is 8.06. The Balaban J connectivity index is 1.97. The zero-order valence-corrected chi connectivity index (χ0v) is 11.1. The zero-order valence-electron chi connectivity index (χ0n) is 10.3. The van der Waals surface area contributed by atoms with E-state index in [1.807, 2.05) is 13.8 Å². The molecule has 1 saturated carbocycles. The molecule has 0 amide bonds. The lowest BCUT2D eigenvalue weighted by molar-refractivity contribution is -0.137. The molecule has 0 aliphatic heterocycles. The van der Waals surface area contributed by atoms with Crippen molar-refractivity contribution < 1.29 is 9.90 Å². The van der Waals surface area contributed by atoms with Crippen molar-refractivity contribution in [3.63, 3.8) is 0 Å². The fourth-order valence-corrected chi connectivity index (χ4v) is 2.94. The molecule has 1 N–H and O–H groups in total. The summed E-state index contributed by atoms with van der Waals surface area (Å²) in [4.78, 5) is 18.6. The lowest BCUT2D eigenvalue weighted by Crippen LogP contribution is -2.28. The van der Waals surface area contributed by atoms with Gasteiger partial charge in [0.1, 0.15) is 0 Å². The molecule has 0 spiro atoms. The van der Waals surface area contributed by atoms with E-state index in [1.54, 1.807) is 11.3 Å². The molecular formula is C12H18N2O2S. The minimum absolute atomic E-state index is 0.229. The van der Waals surface area contributed by atoms with E-state index in [0.29, 0.717) is 12.6 Å². The maximum atomic E-state index is 10.6. The first kappa shape index (κ1) is 12.5. The Labute approximate surface area is 105 Å². The monoisotopic (exact) mass is 254 g/mol. The minimum atomic E-state index is -0.715. The van der Waals surface area contributed by atoms with E-state index < -0.39 is 5.97 Å². The lowest BCUT2D eigenvalue weighted by Gasteiger charge is -2.20. The summed E-state index contributed by atoms with van der Waals surface area (Å²) in [6.45, 7) is 5.55. The number of aliphatic carboxylic acids is 1. The van der Waals surface area contributed by atoms with Crippen LogP contribution in [-0.4, -0.2) is 33.5 Å². The second-order valence-corrected chi connectivity index (χ2v) is 5.87. The summed E-state index contributed by atoms with van der Waals surface area (Å²) in [6, 6.07) is 0.594. The third kappa shape index (κ3) is 3.51. The molecule has 0 bridgehead atoms. The van der Waals surface area contributed by atoms with Gasteiger partial charge >= 0.3 is 5.97 Å². The Morgan fingerprint density at radius 2 is 2.24 bits per heavy atom. The van der Waals surface area contributed by atoms with Gasteiger partial charge in [-0.2, -0.15) is 0 Å². The molecule has 1 aliphatic rings. The number of hydrogen-bond acceptors (Lipinski definition) is 4. The number of thiazole rings is 1. The van der Waals surface area contributed by atoms with Crippen LogP contribution in [0.3, 0.4) is 0 Å². The highest BCUT2D eigenvalue weighted by atomic mass is 32.1. The maximum absolute atomic E-state index is 10.6. The van der Waals surface area contributed by atoms with Crippen LogP contribution in [0.1, 0.15) is 34.8 Å². The standard InChI is InChI=1S/C12H18N2O2S/c1-8-11(17-9(2)13-8)7-14(10-3-4-10)6-5-12(15)16/h10H,3-7H2,1-2H3,(H,15,16). The average Bonchev–Trinajstić information content (AvgIpc) is 3.01. The number of aryl methyl sites for hydroxylation is 2. The molecule has 1 heterocycles. The summed E-state index contributed by atoms with van der Waals surface area (Å²) in [6.07, 6.45) is 2.64. The van der Waals surface area contributed by atoms with E-state index in [4.69, 9.17) is 5.11 Å². The van der Waals surface area contributed by atoms with E-state index in [2.05, 4.69) is 9.88 Å². The number of nitrogens with zero attached hydrogens (tertiary/aromatic N) is 2. The molecule has 2 rings (SSSR count). The average molecular weight is 254 g/mol. The molecule has 1 fully saturated rings. The fraction of sp³-hybridized carbons (Fsp3) is 0.667. The molecule has 0 aromatic carbocycles. The van der Waals surface area contributed by atoms with Crippen molar-refractivity contribution in [3.05, 3.63) is 15.6 Å². The van der Waals surface area contributed by atoms with Gasteiger partial charge in [0.05, 0.1) is 17.1 Å². The summed E-state index contributed by atoms with van der Waals surface area (Å²) >= 11 is 1.72. The van der Waals surface area contributed by atoms with Gasteiger partial charge in [-0.25, -0.2) is 4.98 Å². The quantitative estimate of drug-likeness (QED) is 0.845. The van der Waals surface area contributed by atoms with E-state index in [9.17, 15) is 4.79 Å². The number of carbonyl (C=O) groups is 1. The molecule has 17 heavy (non-hydrogen) atoms. The second-order valence-electron chi connectivity index (χ2n) is 4.59. The van der Waals surface area contributed by atoms with Crippen molar-refractivity contribution >= 4 is 17.3 Å². The number of hydrogen-bond donors (Lipinski definition) is 1. The molecule has 94 valence electrons. The largest absolute Gasteiger partial charge is 0.481 e. The third-order valence-electron chi connectivity index (χ3n) is 3.02. The van der Waals surface area contributed by atoms with Crippen molar-refractivity contribution in [2.45, 2.75) is 45.7 Å². The normalized spacial score (nSPS) is 15.5. The van der Waals surface area contributed by atoms with Crippen molar-refractivity contribution in [2.75, 3.05) is 6.54 Å². The van der Waals surface area contributed by atoms with Gasteiger partial charge in [0.15, 0.2) is 0 Å². The van der Waals surface area contributed by atoms with Crippen molar-refractivity contribution in [1.82, 2.24) is 9.88 Å². The van der Waals surface area contributed by atoms with Gasteiger partial charge in [-0.15, -0.1) is 11.3 Å². The van der Waals surface area contributed by atoms with Crippen LogP contribution in [0.4, 0.5) is 0 Å². The SMILES string of the molecule is Cc1nc(C)c(CN(CCC(=O)O)C2CC2)s1. The van der Waals surface area contributed by atoms with Crippen LogP contribution in [0.25, 0.3) is 0 Å². The molecule has 1 aliphatic carbocycles. The molecule has 5 heteroatoms. The summed E-state index contributed by atoms with van der Waals surface area (Å²) in [5.41, 5.74) is 1.09. The number of aromatic nitrogens is 1. The highest BCUT2D eigenvalue weighted by molar-refractivity contribution is 7.11. The minimum Gasteiger partial charge on any atom is -0.481 e. The van der Waals surface area contributed by atoms with E-state index >= 15 is 0 Å². The number of carboxylic acid groups (broad SMARTS) is 1. The van der Waals surface area contributed by atoms with Crippen LogP contribution in [0.15, 0.2) is 0 Å². The maximum Gasteiger partial charge on any atom is 0.304 e. The second kappa shape index (κ2) is 5.14. The van der Waals surface area contributed by atoms with E-state index in [1.165, 1.54) is 17.7 Å². The van der Waals surface area contributed by atoms with Gasteiger partial charge in [-0.3, -0.25) is 9.69 Å². The first-order valence-corrected chi connectivity index (χ1v) is 6.76. The van der Waals surface area contributed by atoms with Crippen molar-refractivity contribution in [1.29, 1.82) is 0 Å². The Bertz CT molecular complexity index is 413. The molecule has 0 unspecified atom stereocenters. The molecule has 0 saturated heterocycles.